The van der Waals surface area contributed by atoms with Gasteiger partial charge in [0.25, 0.3) is 5.24 Å². The van der Waals surface area contributed by atoms with Crippen LogP contribution in [0.25, 0.3) is 11.0 Å². The minimum atomic E-state index is -0.930. The highest BCUT2D eigenvalue weighted by Crippen LogP contribution is 2.28. The van der Waals surface area contributed by atoms with Crippen LogP contribution in [0.2, 0.25) is 0 Å². The monoisotopic (exact) mass is 296 g/mol. The molecule has 0 aliphatic rings. The number of carboxylic acid groups (broad SMARTS) is 1. The van der Waals surface area contributed by atoms with E-state index in [2.05, 4.69) is 4.98 Å². The summed E-state index contributed by atoms with van der Waals surface area (Å²) in [5, 5.41) is 8.54. The van der Waals surface area contributed by atoms with Crippen LogP contribution in [0.1, 0.15) is 6.92 Å². The largest absolute Gasteiger partial charge is 0.480 e. The maximum atomic E-state index is 12.0. The van der Waals surface area contributed by atoms with Gasteiger partial charge in [-0.2, -0.15) is 0 Å². The molecule has 1 aromatic heterocycles. The van der Waals surface area contributed by atoms with Crippen LogP contribution in [-0.4, -0.2) is 37.4 Å². The Balaban J connectivity index is 2.53. The third-order valence-electron chi connectivity index (χ3n) is 2.52. The van der Waals surface area contributed by atoms with Crippen molar-refractivity contribution >= 4 is 45.8 Å². The van der Waals surface area contributed by atoms with E-state index in [0.29, 0.717) is 16.2 Å². The molecule has 0 spiro atoms. The molecule has 2 rings (SSSR count). The number of hydrogen-bond donors (Lipinski definition) is 1. The van der Waals surface area contributed by atoms with Crippen LogP contribution in [-0.2, 0) is 4.79 Å². The highest BCUT2D eigenvalue weighted by molar-refractivity contribution is 8.13. The van der Waals surface area contributed by atoms with E-state index in [1.807, 2.05) is 12.1 Å². The van der Waals surface area contributed by atoms with Crippen molar-refractivity contribution < 1.29 is 14.7 Å². The van der Waals surface area contributed by atoms with Crippen LogP contribution >= 0.6 is 23.5 Å². The van der Waals surface area contributed by atoms with Crippen LogP contribution in [0.3, 0.4) is 0 Å². The van der Waals surface area contributed by atoms with Gasteiger partial charge >= 0.3 is 5.97 Å². The van der Waals surface area contributed by atoms with Gasteiger partial charge in [-0.25, -0.2) is 9.55 Å². The average molecular weight is 296 g/mol. The topological polar surface area (TPSA) is 72.2 Å². The number of imidazole rings is 1. The highest BCUT2D eigenvalue weighted by atomic mass is 32.2. The molecule has 2 aromatic rings. The van der Waals surface area contributed by atoms with Gasteiger partial charge in [-0.15, -0.1) is 0 Å². The van der Waals surface area contributed by atoms with Crippen LogP contribution < -0.4 is 0 Å². The lowest BCUT2D eigenvalue weighted by molar-refractivity contribution is -0.136. The van der Waals surface area contributed by atoms with Gasteiger partial charge < -0.3 is 5.11 Å². The molecular formula is C12H12N2O3S2. The summed E-state index contributed by atoms with van der Waals surface area (Å²) in [5.74, 6) is -0.930. The van der Waals surface area contributed by atoms with Crippen molar-refractivity contribution in [3.05, 3.63) is 24.3 Å². The molecule has 0 bridgehead atoms. The Hall–Kier alpha value is -1.47. The first kappa shape index (κ1) is 14.0. The first-order valence-corrected chi connectivity index (χ1v) is 7.60. The van der Waals surface area contributed by atoms with Gasteiger partial charge in [0.05, 0.1) is 11.0 Å². The molecule has 1 heterocycles. The number of para-hydroxylation sites is 2. The first-order valence-electron chi connectivity index (χ1n) is 5.50. The van der Waals surface area contributed by atoms with Gasteiger partial charge in [0, 0.05) is 0 Å². The van der Waals surface area contributed by atoms with Crippen LogP contribution in [0, 0.1) is 0 Å². The van der Waals surface area contributed by atoms with Crippen LogP contribution in [0.5, 0.6) is 0 Å². The second-order valence-corrected chi connectivity index (χ2v) is 5.85. The number of carbonyl (C=O) groups is 2. The molecule has 19 heavy (non-hydrogen) atoms. The number of nitrogens with zero attached hydrogens (tertiary/aromatic N) is 2. The van der Waals surface area contributed by atoms with Gasteiger partial charge in [-0.1, -0.05) is 35.7 Å². The summed E-state index contributed by atoms with van der Waals surface area (Å²) in [6.45, 7) is 1.57. The molecule has 7 heteroatoms. The van der Waals surface area contributed by atoms with Crippen molar-refractivity contribution in [2.24, 2.45) is 0 Å². The molecule has 0 amide bonds. The number of aliphatic carboxylic acids is 1. The molecule has 0 aliphatic carbocycles. The number of fused-ring (bicyclic) bond motifs is 1. The lowest BCUT2D eigenvalue weighted by Gasteiger charge is -2.07. The molecular weight excluding hydrogens is 284 g/mol. The molecule has 0 saturated carbocycles. The van der Waals surface area contributed by atoms with Gasteiger partial charge in [-0.05, 0) is 25.3 Å². The maximum absolute atomic E-state index is 12.0. The van der Waals surface area contributed by atoms with E-state index < -0.39 is 11.2 Å². The lowest BCUT2D eigenvalue weighted by atomic mass is 10.3. The van der Waals surface area contributed by atoms with Gasteiger partial charge in [0.2, 0.25) is 0 Å². The fraction of sp³-hybridized carbons (Fsp3) is 0.250. The number of carbonyl (C=O) groups excluding carboxylic acids is 1. The van der Waals surface area contributed by atoms with Crippen molar-refractivity contribution in [1.82, 2.24) is 9.55 Å². The molecule has 0 unspecified atom stereocenters. The lowest BCUT2D eigenvalue weighted by Crippen LogP contribution is -2.14. The Bertz CT molecular complexity index is 639. The number of carboxylic acids is 1. The summed E-state index contributed by atoms with van der Waals surface area (Å²) < 4.78 is 1.46. The number of benzene rings is 1. The molecule has 1 aromatic carbocycles. The van der Waals surface area contributed by atoms with Crippen molar-refractivity contribution in [3.63, 3.8) is 0 Å². The molecule has 0 saturated heterocycles. The zero-order chi connectivity index (χ0) is 14.0. The maximum Gasteiger partial charge on any atom is 0.316 e. The third kappa shape index (κ3) is 2.76. The van der Waals surface area contributed by atoms with Crippen LogP contribution in [0.15, 0.2) is 29.4 Å². The molecule has 100 valence electrons. The van der Waals surface area contributed by atoms with Crippen molar-refractivity contribution in [2.45, 2.75) is 17.3 Å². The molecule has 5 nitrogen and oxygen atoms in total. The normalized spacial score (nSPS) is 12.5. The summed E-state index contributed by atoms with van der Waals surface area (Å²) in [6.07, 6.45) is 1.69. The SMILES string of the molecule is CSC(=O)n1c(S[C@H](C)C(=O)O)nc2ccccc21. The standard InChI is InChI=1S/C12H12N2O3S2/c1-7(10(15)16)19-11-13-8-5-3-4-6-9(8)14(11)12(17)18-2/h3-7H,1-2H3,(H,15,16)/t7-/m1/s1. The number of aromatic nitrogens is 2. The molecule has 1 N–H and O–H groups in total. The zero-order valence-corrected chi connectivity index (χ0v) is 12.0. The van der Waals surface area contributed by atoms with Gasteiger partial charge in [0.1, 0.15) is 5.25 Å². The van der Waals surface area contributed by atoms with Crippen molar-refractivity contribution in [2.75, 3.05) is 6.26 Å². The summed E-state index contributed by atoms with van der Waals surface area (Å²) in [4.78, 5) is 27.2. The van der Waals surface area contributed by atoms with Gasteiger partial charge in [0.15, 0.2) is 5.16 Å². The van der Waals surface area contributed by atoms with E-state index in [0.717, 1.165) is 23.5 Å². The highest BCUT2D eigenvalue weighted by Gasteiger charge is 2.21. The summed E-state index contributed by atoms with van der Waals surface area (Å²) >= 11 is 2.14. The zero-order valence-electron chi connectivity index (χ0n) is 10.4. The summed E-state index contributed by atoms with van der Waals surface area (Å²) in [5.41, 5.74) is 1.38. The smallest absolute Gasteiger partial charge is 0.316 e. The van der Waals surface area contributed by atoms with E-state index in [9.17, 15) is 9.59 Å². The summed E-state index contributed by atoms with van der Waals surface area (Å²) in [7, 11) is 0. The number of rotatable bonds is 3. The Kier molecular flexibility index (Phi) is 4.16. The predicted octanol–water partition coefficient (Wildman–Crippen LogP) is 2.93. The molecule has 0 radical (unpaired) electrons. The van der Waals surface area contributed by atoms with Crippen LogP contribution in [0.4, 0.5) is 4.79 Å². The fourth-order valence-electron chi connectivity index (χ4n) is 1.56. The number of thioether (sulfide) groups is 2. The Morgan fingerprint density at radius 2 is 2.05 bits per heavy atom. The van der Waals surface area contributed by atoms with E-state index in [1.165, 1.54) is 4.57 Å². The Morgan fingerprint density at radius 1 is 1.37 bits per heavy atom. The average Bonchev–Trinajstić information content (AvgIpc) is 2.75. The van der Waals surface area contributed by atoms with E-state index in [4.69, 9.17) is 5.11 Å². The van der Waals surface area contributed by atoms with Crippen molar-refractivity contribution in [1.29, 1.82) is 0 Å². The van der Waals surface area contributed by atoms with E-state index in [1.54, 1.807) is 25.3 Å². The second-order valence-electron chi connectivity index (χ2n) is 3.79. The van der Waals surface area contributed by atoms with E-state index >= 15 is 0 Å². The quantitative estimate of drug-likeness (QED) is 0.878. The molecule has 0 aliphatic heterocycles. The number of hydrogen-bond acceptors (Lipinski definition) is 5. The Morgan fingerprint density at radius 3 is 2.68 bits per heavy atom. The predicted molar refractivity (Wildman–Crippen MR) is 77.0 cm³/mol. The minimum absolute atomic E-state index is 0.172. The minimum Gasteiger partial charge on any atom is -0.480 e. The molecule has 0 fully saturated rings. The molecule has 1 atom stereocenters. The van der Waals surface area contributed by atoms with Gasteiger partial charge in [-0.3, -0.25) is 9.59 Å². The second kappa shape index (κ2) is 5.66. The fourth-order valence-corrected chi connectivity index (χ4v) is 2.84. The third-order valence-corrected chi connectivity index (χ3v) is 4.09. The van der Waals surface area contributed by atoms with E-state index in [-0.39, 0.29) is 5.24 Å². The first-order chi connectivity index (χ1) is 9.04. The Labute approximate surface area is 118 Å². The van der Waals surface area contributed by atoms with Crippen molar-refractivity contribution in [3.8, 4) is 0 Å². The summed E-state index contributed by atoms with van der Waals surface area (Å²) in [6, 6.07) is 7.25.